The Kier molecular flexibility index (Phi) is 4.34. The number of hydrogen-bond acceptors (Lipinski definition) is 6. The van der Waals surface area contributed by atoms with Gasteiger partial charge in [-0.15, -0.1) is 5.10 Å². The van der Waals surface area contributed by atoms with Gasteiger partial charge in [-0.25, -0.2) is 10.1 Å². The van der Waals surface area contributed by atoms with Crippen LogP contribution in [-0.4, -0.2) is 45.4 Å². The Labute approximate surface area is 131 Å². The monoisotopic (exact) mass is 309 g/mol. The molecule has 0 aliphatic heterocycles. The quantitative estimate of drug-likeness (QED) is 0.683. The molecular formula is C15H13N6O2. The summed E-state index contributed by atoms with van der Waals surface area (Å²) in [6, 6.07) is 13.6. The average Bonchev–Trinajstić information content (AvgIpc) is 3.14. The van der Waals surface area contributed by atoms with Crippen LogP contribution in [0.3, 0.4) is 0 Å². The maximum Gasteiger partial charge on any atom is 0.253 e. The molecule has 1 aromatic carbocycles. The molecule has 1 amide bonds. The van der Waals surface area contributed by atoms with E-state index in [0.717, 1.165) is 5.56 Å². The standard InChI is InChI=1S/C15H13N6O2/c1-23-9-16-15(22)11-7-5-10(6-8-11)12-3-2-4-13(17-12)14-18-20-21-19-14/h3-8H,9H2,1H3,(H,16,22)(H,18,19,20,21). The molecule has 0 saturated heterocycles. The van der Waals surface area contributed by atoms with Gasteiger partial charge >= 0.3 is 0 Å². The topological polar surface area (TPSA) is 106 Å². The van der Waals surface area contributed by atoms with Crippen molar-refractivity contribution in [3.8, 4) is 22.8 Å². The van der Waals surface area contributed by atoms with Gasteiger partial charge in [-0.1, -0.05) is 12.1 Å². The van der Waals surface area contributed by atoms with Crippen molar-refractivity contribution >= 4 is 5.91 Å². The first-order chi connectivity index (χ1) is 11.3. The molecule has 0 bridgehead atoms. The van der Waals surface area contributed by atoms with Gasteiger partial charge < -0.3 is 10.1 Å². The van der Waals surface area contributed by atoms with Crippen LogP contribution < -0.4 is 5.32 Å². The number of carbonyl (C=O) groups excluding carboxylic acids is 1. The maximum absolute atomic E-state index is 11.8. The fourth-order valence-corrected chi connectivity index (χ4v) is 1.96. The molecule has 2 N–H and O–H groups in total. The number of ether oxygens (including phenoxy) is 1. The number of benzene rings is 1. The number of amides is 1. The lowest BCUT2D eigenvalue weighted by Crippen LogP contribution is -2.25. The van der Waals surface area contributed by atoms with Crippen LogP contribution in [-0.2, 0) is 4.74 Å². The number of rotatable bonds is 5. The first kappa shape index (κ1) is 14.8. The van der Waals surface area contributed by atoms with Gasteiger partial charge in [0.2, 0.25) is 0 Å². The smallest absolute Gasteiger partial charge is 0.253 e. The average molecular weight is 309 g/mol. The van der Waals surface area contributed by atoms with Crippen LogP contribution >= 0.6 is 0 Å². The fourth-order valence-electron chi connectivity index (χ4n) is 1.96. The number of nitrogens with zero attached hydrogens (tertiary/aromatic N) is 4. The summed E-state index contributed by atoms with van der Waals surface area (Å²) in [5, 5.41) is 16.2. The number of H-pyrrole nitrogens is 1. The van der Waals surface area contributed by atoms with Crippen LogP contribution in [0.4, 0.5) is 0 Å². The molecule has 23 heavy (non-hydrogen) atoms. The Morgan fingerprint density at radius 1 is 1.26 bits per heavy atom. The number of aromatic nitrogens is 5. The van der Waals surface area contributed by atoms with E-state index in [1.165, 1.54) is 7.11 Å². The van der Waals surface area contributed by atoms with Crippen LogP contribution in [0, 0.1) is 6.07 Å². The van der Waals surface area contributed by atoms with E-state index in [2.05, 4.69) is 37.0 Å². The zero-order valence-electron chi connectivity index (χ0n) is 12.3. The highest BCUT2D eigenvalue weighted by Crippen LogP contribution is 2.20. The van der Waals surface area contributed by atoms with E-state index >= 15 is 0 Å². The highest BCUT2D eigenvalue weighted by Gasteiger charge is 2.08. The second kappa shape index (κ2) is 6.75. The van der Waals surface area contributed by atoms with E-state index in [1.54, 1.807) is 24.3 Å². The molecule has 0 unspecified atom stereocenters. The SMILES string of the molecule is COCNC(=O)c1ccc(-c2c[c]cc(-c3nnn[nH]3)n2)cc1. The third-order valence-corrected chi connectivity index (χ3v) is 3.09. The highest BCUT2D eigenvalue weighted by molar-refractivity contribution is 5.94. The summed E-state index contributed by atoms with van der Waals surface area (Å²) in [7, 11) is 1.52. The van der Waals surface area contributed by atoms with Crippen LogP contribution in [0.1, 0.15) is 10.4 Å². The molecule has 2 heterocycles. The van der Waals surface area contributed by atoms with Crippen molar-refractivity contribution in [3.05, 3.63) is 48.0 Å². The Morgan fingerprint density at radius 3 is 2.74 bits per heavy atom. The zero-order chi connectivity index (χ0) is 16.1. The molecule has 0 atom stereocenters. The Morgan fingerprint density at radius 2 is 2.04 bits per heavy atom. The summed E-state index contributed by atoms with van der Waals surface area (Å²) in [6.45, 7) is 0.171. The van der Waals surface area contributed by atoms with Crippen molar-refractivity contribution in [3.63, 3.8) is 0 Å². The molecule has 8 nitrogen and oxygen atoms in total. The van der Waals surface area contributed by atoms with E-state index in [9.17, 15) is 4.79 Å². The van der Waals surface area contributed by atoms with Crippen LogP contribution in [0.5, 0.6) is 0 Å². The minimum absolute atomic E-state index is 0.171. The first-order valence-electron chi connectivity index (χ1n) is 6.78. The van der Waals surface area contributed by atoms with Crippen LogP contribution in [0.2, 0.25) is 0 Å². The largest absolute Gasteiger partial charge is 0.364 e. The number of pyridine rings is 1. The summed E-state index contributed by atoms with van der Waals surface area (Å²) >= 11 is 0. The first-order valence-corrected chi connectivity index (χ1v) is 6.78. The summed E-state index contributed by atoms with van der Waals surface area (Å²) in [5.41, 5.74) is 2.71. The number of aromatic amines is 1. The van der Waals surface area contributed by atoms with Crippen molar-refractivity contribution in [1.82, 2.24) is 30.9 Å². The van der Waals surface area contributed by atoms with Gasteiger partial charge in [-0.2, -0.15) is 0 Å². The van der Waals surface area contributed by atoms with Crippen LogP contribution in [0.15, 0.2) is 36.4 Å². The predicted molar refractivity (Wildman–Crippen MR) is 81.0 cm³/mol. The molecule has 2 aromatic heterocycles. The van der Waals surface area contributed by atoms with Crippen LogP contribution in [0.25, 0.3) is 22.8 Å². The molecule has 3 aromatic rings. The highest BCUT2D eigenvalue weighted by atomic mass is 16.5. The van der Waals surface area contributed by atoms with Crippen molar-refractivity contribution < 1.29 is 9.53 Å². The lowest BCUT2D eigenvalue weighted by Gasteiger charge is -2.06. The minimum atomic E-state index is -0.195. The summed E-state index contributed by atoms with van der Waals surface area (Å²) in [6.07, 6.45) is 0. The summed E-state index contributed by atoms with van der Waals surface area (Å²) < 4.78 is 4.81. The molecule has 115 valence electrons. The molecule has 0 aliphatic carbocycles. The van der Waals surface area contributed by atoms with Gasteiger partial charge in [0.15, 0.2) is 5.82 Å². The Hall–Kier alpha value is -3.13. The second-order valence-electron chi connectivity index (χ2n) is 4.60. The van der Waals surface area contributed by atoms with E-state index in [1.807, 2.05) is 12.1 Å². The van der Waals surface area contributed by atoms with Crippen molar-refractivity contribution in [2.24, 2.45) is 0 Å². The molecule has 8 heteroatoms. The lowest BCUT2D eigenvalue weighted by molar-refractivity contribution is 0.0872. The number of methoxy groups -OCH3 is 1. The minimum Gasteiger partial charge on any atom is -0.364 e. The molecule has 0 saturated carbocycles. The van der Waals surface area contributed by atoms with E-state index in [4.69, 9.17) is 4.74 Å². The van der Waals surface area contributed by atoms with Gasteiger partial charge in [-0.05, 0) is 40.8 Å². The maximum atomic E-state index is 11.8. The van der Waals surface area contributed by atoms with E-state index < -0.39 is 0 Å². The number of nitrogens with one attached hydrogen (secondary N) is 2. The van der Waals surface area contributed by atoms with Gasteiger partial charge in [0.05, 0.1) is 5.69 Å². The van der Waals surface area contributed by atoms with Crippen molar-refractivity contribution in [2.75, 3.05) is 13.8 Å². The molecule has 0 aliphatic rings. The Balaban J connectivity index is 1.82. The Bertz CT molecular complexity index is 786. The van der Waals surface area contributed by atoms with Gasteiger partial charge in [-0.3, -0.25) is 4.79 Å². The summed E-state index contributed by atoms with van der Waals surface area (Å²) in [5.74, 6) is 0.276. The lowest BCUT2D eigenvalue weighted by atomic mass is 10.1. The third kappa shape index (κ3) is 3.38. The van der Waals surface area contributed by atoms with Crippen molar-refractivity contribution in [1.29, 1.82) is 0 Å². The summed E-state index contributed by atoms with van der Waals surface area (Å²) in [4.78, 5) is 16.3. The van der Waals surface area contributed by atoms with Gasteiger partial charge in [0.1, 0.15) is 12.4 Å². The molecule has 3 rings (SSSR count). The fraction of sp³-hybridized carbons (Fsp3) is 0.133. The molecular weight excluding hydrogens is 296 g/mol. The number of hydrogen-bond donors (Lipinski definition) is 2. The van der Waals surface area contributed by atoms with Gasteiger partial charge in [0.25, 0.3) is 5.91 Å². The second-order valence-corrected chi connectivity index (χ2v) is 4.60. The van der Waals surface area contributed by atoms with Crippen molar-refractivity contribution in [2.45, 2.75) is 0 Å². The molecule has 1 radical (unpaired) electrons. The molecule has 0 spiro atoms. The predicted octanol–water partition coefficient (Wildman–Crippen LogP) is 1.06. The zero-order valence-corrected chi connectivity index (χ0v) is 12.3. The molecule has 0 fully saturated rings. The number of tetrazole rings is 1. The third-order valence-electron chi connectivity index (χ3n) is 3.09. The normalized spacial score (nSPS) is 10.5. The van der Waals surface area contributed by atoms with Gasteiger partial charge in [0, 0.05) is 18.2 Å². The van der Waals surface area contributed by atoms with E-state index in [-0.39, 0.29) is 12.6 Å². The number of carbonyl (C=O) groups is 1. The van der Waals surface area contributed by atoms with E-state index in [0.29, 0.717) is 22.8 Å².